The number of nitrogen functional groups attached to an aromatic ring is 1. The lowest BCUT2D eigenvalue weighted by Crippen LogP contribution is -2.15. The van der Waals surface area contributed by atoms with Crippen molar-refractivity contribution in [2.24, 2.45) is 0 Å². The summed E-state index contributed by atoms with van der Waals surface area (Å²) in [5.74, 6) is 0.101. The molecule has 0 heterocycles. The molecule has 0 amide bonds. The lowest BCUT2D eigenvalue weighted by Gasteiger charge is -2.14. The second-order valence-corrected chi connectivity index (χ2v) is 5.21. The normalized spacial score (nSPS) is 15.5. The van der Waals surface area contributed by atoms with Crippen LogP contribution in [0.5, 0.6) is 5.75 Å². The van der Waals surface area contributed by atoms with Gasteiger partial charge in [0.05, 0.1) is 11.8 Å². The molecular formula is C17H17NO3. The highest BCUT2D eigenvalue weighted by Gasteiger charge is 2.27. The summed E-state index contributed by atoms with van der Waals surface area (Å²) in [5, 5.41) is 10.2. The minimum Gasteiger partial charge on any atom is -0.488 e. The van der Waals surface area contributed by atoms with E-state index < -0.39 is 11.9 Å². The highest BCUT2D eigenvalue weighted by molar-refractivity contribution is 6.04. The van der Waals surface area contributed by atoms with Crippen molar-refractivity contribution in [3.63, 3.8) is 0 Å². The van der Waals surface area contributed by atoms with Crippen molar-refractivity contribution >= 4 is 11.5 Å². The Kier molecular flexibility index (Phi) is 3.62. The molecule has 2 aromatic rings. The van der Waals surface area contributed by atoms with Gasteiger partial charge in [-0.2, -0.15) is 0 Å². The highest BCUT2D eigenvalue weighted by atomic mass is 16.5. The SMILES string of the molecule is Nc1c(OC2CC2)cccc1C(=O)C(O)c1ccccc1. The average molecular weight is 283 g/mol. The van der Waals surface area contributed by atoms with E-state index in [2.05, 4.69) is 0 Å². The maximum absolute atomic E-state index is 12.4. The van der Waals surface area contributed by atoms with Crippen molar-refractivity contribution in [3.8, 4) is 5.75 Å². The lowest BCUT2D eigenvalue weighted by atomic mass is 9.98. The fourth-order valence-corrected chi connectivity index (χ4v) is 2.16. The summed E-state index contributed by atoms with van der Waals surface area (Å²) in [4.78, 5) is 12.4. The third kappa shape index (κ3) is 2.90. The van der Waals surface area contributed by atoms with Crippen LogP contribution in [0.2, 0.25) is 0 Å². The number of anilines is 1. The maximum Gasteiger partial charge on any atom is 0.198 e. The summed E-state index contributed by atoms with van der Waals surface area (Å²) in [6, 6.07) is 13.9. The van der Waals surface area contributed by atoms with Crippen LogP contribution in [0.1, 0.15) is 34.9 Å². The minimum absolute atomic E-state index is 0.205. The second-order valence-electron chi connectivity index (χ2n) is 5.21. The van der Waals surface area contributed by atoms with Gasteiger partial charge < -0.3 is 15.6 Å². The van der Waals surface area contributed by atoms with E-state index in [-0.39, 0.29) is 6.10 Å². The van der Waals surface area contributed by atoms with Gasteiger partial charge in [0.2, 0.25) is 0 Å². The molecule has 0 aromatic heterocycles. The number of ether oxygens (including phenoxy) is 1. The summed E-state index contributed by atoms with van der Waals surface area (Å²) < 4.78 is 5.67. The van der Waals surface area contributed by atoms with Gasteiger partial charge >= 0.3 is 0 Å². The molecule has 1 unspecified atom stereocenters. The Morgan fingerprint density at radius 1 is 1.14 bits per heavy atom. The number of hydrogen-bond acceptors (Lipinski definition) is 4. The Balaban J connectivity index is 1.87. The minimum atomic E-state index is -1.22. The fraction of sp³-hybridized carbons (Fsp3) is 0.235. The number of rotatable bonds is 5. The first-order valence-electron chi connectivity index (χ1n) is 6.99. The van der Waals surface area contributed by atoms with E-state index in [1.807, 2.05) is 6.07 Å². The maximum atomic E-state index is 12.4. The average Bonchev–Trinajstić information content (AvgIpc) is 3.33. The molecule has 0 spiro atoms. The number of nitrogens with two attached hydrogens (primary N) is 1. The van der Waals surface area contributed by atoms with Crippen LogP contribution in [0.3, 0.4) is 0 Å². The van der Waals surface area contributed by atoms with E-state index in [9.17, 15) is 9.90 Å². The number of hydrogen-bond donors (Lipinski definition) is 2. The van der Waals surface area contributed by atoms with Crippen molar-refractivity contribution in [1.29, 1.82) is 0 Å². The number of aliphatic hydroxyl groups is 1. The fourth-order valence-electron chi connectivity index (χ4n) is 2.16. The first-order chi connectivity index (χ1) is 10.2. The van der Waals surface area contributed by atoms with Gasteiger partial charge in [0.25, 0.3) is 0 Å². The van der Waals surface area contributed by atoms with Gasteiger partial charge in [0.15, 0.2) is 5.78 Å². The van der Waals surface area contributed by atoms with Crippen molar-refractivity contribution in [3.05, 3.63) is 59.7 Å². The van der Waals surface area contributed by atoms with Crippen LogP contribution in [0.4, 0.5) is 5.69 Å². The summed E-state index contributed by atoms with van der Waals surface area (Å²) in [7, 11) is 0. The van der Waals surface area contributed by atoms with Crippen molar-refractivity contribution in [2.45, 2.75) is 25.0 Å². The van der Waals surface area contributed by atoms with E-state index in [1.54, 1.807) is 42.5 Å². The molecule has 1 fully saturated rings. The van der Waals surface area contributed by atoms with Gasteiger partial charge in [0, 0.05) is 5.56 Å². The molecule has 0 radical (unpaired) electrons. The number of Topliss-reactive ketones (excluding diaryl/α,β-unsaturated/α-hetero) is 1. The quantitative estimate of drug-likeness (QED) is 0.653. The summed E-state index contributed by atoms with van der Waals surface area (Å²) in [6.07, 6.45) is 1.02. The molecule has 2 aromatic carbocycles. The molecular weight excluding hydrogens is 266 g/mol. The number of carbonyl (C=O) groups is 1. The monoisotopic (exact) mass is 283 g/mol. The van der Waals surface area contributed by atoms with Gasteiger partial charge in [0.1, 0.15) is 11.9 Å². The number of para-hydroxylation sites is 1. The predicted molar refractivity (Wildman–Crippen MR) is 80.2 cm³/mol. The molecule has 3 rings (SSSR count). The molecule has 4 heteroatoms. The molecule has 1 atom stereocenters. The largest absolute Gasteiger partial charge is 0.488 e. The summed E-state index contributed by atoms with van der Waals surface area (Å²) in [5.41, 5.74) is 7.16. The standard InChI is InChI=1S/C17H17NO3/c18-15-13(7-4-8-14(15)21-12-9-10-12)17(20)16(19)11-5-2-1-3-6-11/h1-8,12,16,19H,9-10,18H2. The van der Waals surface area contributed by atoms with Gasteiger partial charge in [-0.3, -0.25) is 4.79 Å². The number of aliphatic hydroxyl groups excluding tert-OH is 1. The van der Waals surface area contributed by atoms with E-state index in [1.165, 1.54) is 0 Å². The van der Waals surface area contributed by atoms with E-state index in [4.69, 9.17) is 10.5 Å². The third-order valence-corrected chi connectivity index (χ3v) is 3.51. The van der Waals surface area contributed by atoms with Crippen LogP contribution < -0.4 is 10.5 Å². The van der Waals surface area contributed by atoms with E-state index in [0.29, 0.717) is 22.6 Å². The number of benzene rings is 2. The molecule has 21 heavy (non-hydrogen) atoms. The highest BCUT2D eigenvalue weighted by Crippen LogP contribution is 2.33. The Morgan fingerprint density at radius 3 is 2.52 bits per heavy atom. The van der Waals surface area contributed by atoms with Gasteiger partial charge in [-0.25, -0.2) is 0 Å². The van der Waals surface area contributed by atoms with E-state index in [0.717, 1.165) is 12.8 Å². The molecule has 108 valence electrons. The lowest BCUT2D eigenvalue weighted by molar-refractivity contribution is 0.0748. The zero-order valence-electron chi connectivity index (χ0n) is 11.5. The van der Waals surface area contributed by atoms with Crippen LogP contribution >= 0.6 is 0 Å². The Morgan fingerprint density at radius 2 is 1.86 bits per heavy atom. The van der Waals surface area contributed by atoms with Crippen LogP contribution in [0.15, 0.2) is 48.5 Å². The van der Waals surface area contributed by atoms with Gasteiger partial charge in [-0.1, -0.05) is 36.4 Å². The van der Waals surface area contributed by atoms with Crippen LogP contribution in [-0.4, -0.2) is 17.0 Å². The molecule has 0 bridgehead atoms. The molecule has 3 N–H and O–H groups in total. The molecule has 1 saturated carbocycles. The smallest absolute Gasteiger partial charge is 0.198 e. The third-order valence-electron chi connectivity index (χ3n) is 3.51. The van der Waals surface area contributed by atoms with Gasteiger partial charge in [-0.15, -0.1) is 0 Å². The van der Waals surface area contributed by atoms with Crippen LogP contribution in [0, 0.1) is 0 Å². The van der Waals surface area contributed by atoms with Crippen molar-refractivity contribution in [1.82, 2.24) is 0 Å². The first-order valence-corrected chi connectivity index (χ1v) is 6.99. The Labute approximate surface area is 123 Å². The molecule has 0 saturated heterocycles. The zero-order valence-corrected chi connectivity index (χ0v) is 11.5. The predicted octanol–water partition coefficient (Wildman–Crippen LogP) is 2.73. The van der Waals surface area contributed by atoms with Crippen molar-refractivity contribution < 1.29 is 14.6 Å². The van der Waals surface area contributed by atoms with Crippen LogP contribution in [0.25, 0.3) is 0 Å². The first kappa shape index (κ1) is 13.6. The molecule has 4 nitrogen and oxygen atoms in total. The molecule has 1 aliphatic rings. The van der Waals surface area contributed by atoms with Crippen LogP contribution in [-0.2, 0) is 0 Å². The zero-order chi connectivity index (χ0) is 14.8. The second kappa shape index (κ2) is 5.58. The molecule has 0 aliphatic heterocycles. The van der Waals surface area contributed by atoms with Gasteiger partial charge in [-0.05, 0) is 30.5 Å². The number of ketones is 1. The number of carbonyl (C=O) groups excluding carboxylic acids is 1. The topological polar surface area (TPSA) is 72.5 Å². The summed E-state index contributed by atoms with van der Waals surface area (Å²) in [6.45, 7) is 0. The Hall–Kier alpha value is -2.33. The Bertz CT molecular complexity index is 650. The molecule has 1 aliphatic carbocycles. The van der Waals surface area contributed by atoms with E-state index >= 15 is 0 Å². The van der Waals surface area contributed by atoms with Crippen molar-refractivity contribution in [2.75, 3.05) is 5.73 Å². The summed E-state index contributed by atoms with van der Waals surface area (Å²) >= 11 is 0.